The van der Waals surface area contributed by atoms with Gasteiger partial charge < -0.3 is 4.90 Å². The van der Waals surface area contributed by atoms with Gasteiger partial charge in [-0.3, -0.25) is 4.79 Å². The van der Waals surface area contributed by atoms with E-state index < -0.39 is 16.1 Å². The lowest BCUT2D eigenvalue weighted by molar-refractivity contribution is -0.118. The molecule has 0 spiro atoms. The minimum absolute atomic E-state index is 0.210. The van der Waals surface area contributed by atoms with Gasteiger partial charge in [0.2, 0.25) is 15.9 Å². The number of aryl methyl sites for hydroxylation is 3. The molecule has 1 aliphatic rings. The molecular formula is C19H22N2O3S. The number of nitrogens with zero attached hydrogens (tertiary/aromatic N) is 1. The zero-order valence-electron chi connectivity index (χ0n) is 14.6. The first-order chi connectivity index (χ1) is 11.8. The van der Waals surface area contributed by atoms with Crippen molar-refractivity contribution < 1.29 is 13.2 Å². The van der Waals surface area contributed by atoms with E-state index in [0.717, 1.165) is 16.8 Å². The van der Waals surface area contributed by atoms with Gasteiger partial charge in [-0.2, -0.15) is 4.72 Å². The fourth-order valence-electron chi connectivity index (χ4n) is 3.02. The lowest BCUT2D eigenvalue weighted by Crippen LogP contribution is -2.41. The van der Waals surface area contributed by atoms with Crippen LogP contribution in [0.4, 0.5) is 5.69 Å². The highest BCUT2D eigenvalue weighted by Crippen LogP contribution is 2.24. The van der Waals surface area contributed by atoms with Crippen molar-refractivity contribution in [2.24, 2.45) is 0 Å². The topological polar surface area (TPSA) is 66.5 Å². The molecule has 6 heteroatoms. The number of anilines is 1. The summed E-state index contributed by atoms with van der Waals surface area (Å²) < 4.78 is 28.0. The lowest BCUT2D eigenvalue weighted by Gasteiger charge is -2.18. The summed E-state index contributed by atoms with van der Waals surface area (Å²) in [6.45, 7) is 6.08. The second-order valence-electron chi connectivity index (χ2n) is 6.56. The van der Waals surface area contributed by atoms with Crippen LogP contribution in [0.3, 0.4) is 0 Å². The Morgan fingerprint density at radius 3 is 2.32 bits per heavy atom. The number of carbonyl (C=O) groups is 1. The van der Waals surface area contributed by atoms with Crippen LogP contribution in [0.2, 0.25) is 0 Å². The maximum Gasteiger partial charge on any atom is 0.245 e. The zero-order valence-corrected chi connectivity index (χ0v) is 15.4. The number of rotatable bonds is 4. The van der Waals surface area contributed by atoms with Crippen LogP contribution >= 0.6 is 0 Å². The number of hydrogen-bond acceptors (Lipinski definition) is 3. The number of amides is 1. The highest BCUT2D eigenvalue weighted by molar-refractivity contribution is 7.89. The molecule has 25 heavy (non-hydrogen) atoms. The standard InChI is InChI=1S/C19H22N2O3S/c1-13-5-8-16(9-6-13)21-11-10-17(19(21)22)20-25(23,24)18-12-14(2)4-7-15(18)3/h4-9,12,17,20H,10-11H2,1-3H3/t17-/m1/s1. The highest BCUT2D eigenvalue weighted by atomic mass is 32.2. The monoisotopic (exact) mass is 358 g/mol. The zero-order chi connectivity index (χ0) is 18.2. The first-order valence-electron chi connectivity index (χ1n) is 8.25. The van der Waals surface area contributed by atoms with E-state index in [1.807, 2.05) is 44.2 Å². The van der Waals surface area contributed by atoms with E-state index in [2.05, 4.69) is 4.72 Å². The molecule has 0 aliphatic carbocycles. The molecule has 3 rings (SSSR count). The van der Waals surface area contributed by atoms with E-state index in [1.165, 1.54) is 0 Å². The molecule has 0 aromatic heterocycles. The maximum atomic E-state index is 12.7. The molecule has 2 aromatic carbocycles. The van der Waals surface area contributed by atoms with Crippen molar-refractivity contribution in [3.05, 3.63) is 59.2 Å². The van der Waals surface area contributed by atoms with E-state index in [-0.39, 0.29) is 10.8 Å². The van der Waals surface area contributed by atoms with Gasteiger partial charge >= 0.3 is 0 Å². The van der Waals surface area contributed by atoms with Crippen LogP contribution in [0.5, 0.6) is 0 Å². The first kappa shape index (κ1) is 17.6. The number of carbonyl (C=O) groups excluding carboxylic acids is 1. The summed E-state index contributed by atoms with van der Waals surface area (Å²) in [5, 5.41) is 0. The molecule has 1 fully saturated rings. The fourth-order valence-corrected chi connectivity index (χ4v) is 4.57. The molecule has 5 nitrogen and oxygen atoms in total. The van der Waals surface area contributed by atoms with Gasteiger partial charge in [-0.1, -0.05) is 29.8 Å². The largest absolute Gasteiger partial charge is 0.311 e. The SMILES string of the molecule is Cc1ccc(N2CC[C@@H](NS(=O)(=O)c3cc(C)ccc3C)C2=O)cc1. The van der Waals surface area contributed by atoms with Gasteiger partial charge in [0.1, 0.15) is 6.04 Å². The average molecular weight is 358 g/mol. The second kappa shape index (κ2) is 6.61. The highest BCUT2D eigenvalue weighted by Gasteiger charge is 2.36. The molecule has 2 aromatic rings. The van der Waals surface area contributed by atoms with Gasteiger partial charge in [0.25, 0.3) is 0 Å². The minimum Gasteiger partial charge on any atom is -0.311 e. The van der Waals surface area contributed by atoms with Gasteiger partial charge in [-0.25, -0.2) is 8.42 Å². The van der Waals surface area contributed by atoms with Crippen LogP contribution in [0, 0.1) is 20.8 Å². The minimum atomic E-state index is -3.74. The quantitative estimate of drug-likeness (QED) is 0.914. The van der Waals surface area contributed by atoms with Crippen LogP contribution in [-0.4, -0.2) is 26.9 Å². The Morgan fingerprint density at radius 2 is 1.64 bits per heavy atom. The van der Waals surface area contributed by atoms with E-state index in [0.29, 0.717) is 18.5 Å². The Bertz CT molecular complexity index is 905. The molecule has 1 atom stereocenters. The summed E-state index contributed by atoms with van der Waals surface area (Å²) in [7, 11) is -3.74. The number of sulfonamides is 1. The predicted molar refractivity (Wildman–Crippen MR) is 98.2 cm³/mol. The Kier molecular flexibility index (Phi) is 4.67. The van der Waals surface area contributed by atoms with E-state index in [1.54, 1.807) is 24.0 Å². The summed E-state index contributed by atoms with van der Waals surface area (Å²) in [6, 6.07) is 12.2. The van der Waals surface area contributed by atoms with Gasteiger partial charge in [0, 0.05) is 12.2 Å². The van der Waals surface area contributed by atoms with Crippen LogP contribution in [-0.2, 0) is 14.8 Å². The van der Waals surface area contributed by atoms with Gasteiger partial charge in [0.15, 0.2) is 0 Å². The summed E-state index contributed by atoms with van der Waals surface area (Å²) in [5.74, 6) is -0.210. The van der Waals surface area contributed by atoms with Gasteiger partial charge in [-0.15, -0.1) is 0 Å². The number of nitrogens with one attached hydrogen (secondary N) is 1. The van der Waals surface area contributed by atoms with Crippen molar-refractivity contribution in [2.45, 2.75) is 38.1 Å². The van der Waals surface area contributed by atoms with Gasteiger partial charge in [0.05, 0.1) is 4.90 Å². The fraction of sp³-hybridized carbons (Fsp3) is 0.316. The normalized spacial score (nSPS) is 18.0. The third-order valence-electron chi connectivity index (χ3n) is 4.48. The third kappa shape index (κ3) is 3.60. The van der Waals surface area contributed by atoms with Crippen molar-refractivity contribution >= 4 is 21.6 Å². The van der Waals surface area contributed by atoms with Crippen LogP contribution in [0.25, 0.3) is 0 Å². The summed E-state index contributed by atoms with van der Waals surface area (Å²) >= 11 is 0. The maximum absolute atomic E-state index is 12.7. The number of benzene rings is 2. The van der Waals surface area contributed by atoms with Crippen LogP contribution in [0.1, 0.15) is 23.1 Å². The molecule has 0 bridgehead atoms. The van der Waals surface area contributed by atoms with Crippen molar-refractivity contribution in [1.29, 1.82) is 0 Å². The van der Waals surface area contributed by atoms with E-state index >= 15 is 0 Å². The van der Waals surface area contributed by atoms with E-state index in [4.69, 9.17) is 0 Å². The molecule has 1 aliphatic heterocycles. The summed E-state index contributed by atoms with van der Waals surface area (Å²) in [4.78, 5) is 14.5. The smallest absolute Gasteiger partial charge is 0.245 e. The molecule has 0 radical (unpaired) electrons. The molecule has 132 valence electrons. The molecule has 1 heterocycles. The first-order valence-corrected chi connectivity index (χ1v) is 9.74. The predicted octanol–water partition coefficient (Wildman–Crippen LogP) is 2.70. The summed E-state index contributed by atoms with van der Waals surface area (Å²) in [5.41, 5.74) is 3.44. The van der Waals surface area contributed by atoms with Gasteiger partial charge in [-0.05, 0) is 56.5 Å². The Balaban J connectivity index is 1.80. The Hall–Kier alpha value is -2.18. The summed E-state index contributed by atoms with van der Waals surface area (Å²) in [6.07, 6.45) is 0.455. The molecule has 1 amide bonds. The molecular weight excluding hydrogens is 336 g/mol. The molecule has 0 unspecified atom stereocenters. The van der Waals surface area contributed by atoms with Crippen molar-refractivity contribution in [2.75, 3.05) is 11.4 Å². The number of hydrogen-bond donors (Lipinski definition) is 1. The van der Waals surface area contributed by atoms with Crippen molar-refractivity contribution in [3.8, 4) is 0 Å². The molecule has 0 saturated carbocycles. The van der Waals surface area contributed by atoms with Crippen LogP contribution < -0.4 is 9.62 Å². The second-order valence-corrected chi connectivity index (χ2v) is 8.24. The van der Waals surface area contributed by atoms with E-state index in [9.17, 15) is 13.2 Å². The average Bonchev–Trinajstić information content (AvgIpc) is 2.91. The Morgan fingerprint density at radius 1 is 1.00 bits per heavy atom. The van der Waals surface area contributed by atoms with Crippen LogP contribution in [0.15, 0.2) is 47.4 Å². The Labute approximate surface area is 148 Å². The van der Waals surface area contributed by atoms with Crippen molar-refractivity contribution in [3.63, 3.8) is 0 Å². The molecule has 1 N–H and O–H groups in total. The third-order valence-corrected chi connectivity index (χ3v) is 6.10. The molecule has 1 saturated heterocycles. The van der Waals surface area contributed by atoms with Crippen molar-refractivity contribution in [1.82, 2.24) is 4.72 Å². The lowest BCUT2D eigenvalue weighted by atomic mass is 10.2.